The smallest absolute Gasteiger partial charge is 0.310 e. The fraction of sp³-hybridized carbons (Fsp3) is 0.550. The molecule has 3 heteroatoms. The van der Waals surface area contributed by atoms with Crippen LogP contribution < -0.4 is 5.73 Å². The van der Waals surface area contributed by atoms with E-state index in [-0.39, 0.29) is 12.4 Å². The molecule has 0 aliphatic rings. The van der Waals surface area contributed by atoms with Gasteiger partial charge in [0.25, 0.3) is 0 Å². The van der Waals surface area contributed by atoms with E-state index in [1.54, 1.807) is 0 Å². The Hall–Kier alpha value is -1.77. The maximum atomic E-state index is 12.1. The molecule has 2 N–H and O–H groups in total. The normalized spacial score (nSPS) is 12.6. The summed E-state index contributed by atoms with van der Waals surface area (Å²) in [6.45, 7) is 12.1. The summed E-state index contributed by atoms with van der Waals surface area (Å²) >= 11 is 0. The van der Waals surface area contributed by atoms with Gasteiger partial charge in [0.1, 0.15) is 5.60 Å². The van der Waals surface area contributed by atoms with Gasteiger partial charge in [0.2, 0.25) is 0 Å². The molecule has 0 spiro atoms. The lowest BCUT2D eigenvalue weighted by atomic mass is 9.90. The third kappa shape index (κ3) is 6.09. The first-order chi connectivity index (χ1) is 10.7. The van der Waals surface area contributed by atoms with Gasteiger partial charge in [-0.15, -0.1) is 0 Å². The first kappa shape index (κ1) is 19.3. The molecular weight excluding hydrogens is 286 g/mol. The van der Waals surface area contributed by atoms with Crippen LogP contribution in [0.4, 0.5) is 5.69 Å². The number of unbranched alkanes of at least 4 members (excludes halogenated alkanes) is 1. The molecule has 128 valence electrons. The van der Waals surface area contributed by atoms with Crippen molar-refractivity contribution in [3.05, 3.63) is 35.4 Å². The Labute approximate surface area is 140 Å². The Balaban J connectivity index is 3.08. The van der Waals surface area contributed by atoms with E-state index in [9.17, 15) is 4.79 Å². The molecule has 0 bridgehead atoms. The first-order valence-corrected chi connectivity index (χ1v) is 8.45. The van der Waals surface area contributed by atoms with E-state index in [4.69, 9.17) is 10.5 Å². The zero-order valence-corrected chi connectivity index (χ0v) is 15.4. The topological polar surface area (TPSA) is 52.3 Å². The Morgan fingerprint density at radius 2 is 1.96 bits per heavy atom. The van der Waals surface area contributed by atoms with Gasteiger partial charge in [-0.05, 0) is 44.2 Å². The lowest BCUT2D eigenvalue weighted by molar-refractivity contribution is -0.153. The molecule has 0 heterocycles. The Kier molecular flexibility index (Phi) is 6.86. The number of para-hydroxylation sites is 1. The van der Waals surface area contributed by atoms with Crippen LogP contribution in [0.1, 0.15) is 65.5 Å². The maximum Gasteiger partial charge on any atom is 0.310 e. The third-order valence-electron chi connectivity index (χ3n) is 3.54. The van der Waals surface area contributed by atoms with E-state index < -0.39 is 5.60 Å². The number of carbonyl (C=O) groups is 1. The van der Waals surface area contributed by atoms with Gasteiger partial charge in [0, 0.05) is 11.3 Å². The van der Waals surface area contributed by atoms with Crippen molar-refractivity contribution in [3.63, 3.8) is 0 Å². The second-order valence-electron chi connectivity index (χ2n) is 7.24. The van der Waals surface area contributed by atoms with Gasteiger partial charge in [-0.2, -0.15) is 0 Å². The van der Waals surface area contributed by atoms with Gasteiger partial charge < -0.3 is 10.5 Å². The molecule has 0 amide bonds. The highest BCUT2D eigenvalue weighted by molar-refractivity contribution is 5.81. The van der Waals surface area contributed by atoms with E-state index in [0.29, 0.717) is 11.6 Å². The highest BCUT2D eigenvalue weighted by atomic mass is 16.6. The molecule has 0 aliphatic heterocycles. The monoisotopic (exact) mass is 317 g/mol. The molecule has 0 saturated heterocycles. The summed E-state index contributed by atoms with van der Waals surface area (Å²) in [6, 6.07) is 5.91. The minimum Gasteiger partial charge on any atom is -0.460 e. The van der Waals surface area contributed by atoms with Gasteiger partial charge in [0.15, 0.2) is 0 Å². The van der Waals surface area contributed by atoms with Crippen LogP contribution in [0.2, 0.25) is 0 Å². The molecule has 1 aromatic rings. The van der Waals surface area contributed by atoms with Crippen molar-refractivity contribution in [1.29, 1.82) is 0 Å². The zero-order chi connectivity index (χ0) is 17.6. The van der Waals surface area contributed by atoms with E-state index >= 15 is 0 Å². The van der Waals surface area contributed by atoms with Crippen LogP contribution in [0.25, 0.3) is 5.57 Å². The molecule has 3 nitrogen and oxygen atoms in total. The van der Waals surface area contributed by atoms with E-state index in [1.165, 1.54) is 5.57 Å². The number of benzene rings is 1. The van der Waals surface area contributed by atoms with Crippen molar-refractivity contribution >= 4 is 17.2 Å². The zero-order valence-electron chi connectivity index (χ0n) is 15.4. The minimum absolute atomic E-state index is 0.204. The second kappa shape index (κ2) is 8.19. The van der Waals surface area contributed by atoms with Gasteiger partial charge in [-0.3, -0.25) is 4.79 Å². The molecule has 0 saturated carbocycles. The highest BCUT2D eigenvalue weighted by Crippen LogP contribution is 2.31. The Morgan fingerprint density at radius 3 is 2.48 bits per heavy atom. The molecule has 1 rings (SSSR count). The number of hydrogen-bond donors (Lipinski definition) is 1. The summed E-state index contributed by atoms with van der Waals surface area (Å²) in [5.74, 6) is 0.144. The largest absolute Gasteiger partial charge is 0.460 e. The number of esters is 1. The molecule has 0 atom stereocenters. The van der Waals surface area contributed by atoms with Gasteiger partial charge in [-0.1, -0.05) is 51.5 Å². The van der Waals surface area contributed by atoms with Crippen molar-refractivity contribution < 1.29 is 9.53 Å². The van der Waals surface area contributed by atoms with Crippen LogP contribution >= 0.6 is 0 Å². The number of rotatable bonds is 6. The summed E-state index contributed by atoms with van der Waals surface area (Å²) in [5, 5.41) is 0. The van der Waals surface area contributed by atoms with Crippen LogP contribution in [-0.2, 0) is 16.0 Å². The second-order valence-corrected chi connectivity index (χ2v) is 7.24. The van der Waals surface area contributed by atoms with Crippen LogP contribution in [0, 0.1) is 5.92 Å². The van der Waals surface area contributed by atoms with Gasteiger partial charge >= 0.3 is 5.97 Å². The predicted octanol–water partition coefficient (Wildman–Crippen LogP) is 4.99. The van der Waals surface area contributed by atoms with Crippen molar-refractivity contribution in [2.45, 2.75) is 66.4 Å². The number of anilines is 1. The van der Waals surface area contributed by atoms with E-state index in [1.807, 2.05) is 39.0 Å². The third-order valence-corrected chi connectivity index (χ3v) is 3.54. The summed E-state index contributed by atoms with van der Waals surface area (Å²) in [5.41, 5.74) is 9.68. The summed E-state index contributed by atoms with van der Waals surface area (Å²) in [4.78, 5) is 12.1. The Bertz CT molecular complexity index is 565. The van der Waals surface area contributed by atoms with Gasteiger partial charge in [0.05, 0.1) is 6.42 Å². The number of nitrogen functional groups attached to an aromatic ring is 1. The molecule has 0 aliphatic carbocycles. The van der Waals surface area contributed by atoms with Crippen LogP contribution in [-0.4, -0.2) is 11.6 Å². The average molecular weight is 317 g/mol. The summed E-state index contributed by atoms with van der Waals surface area (Å²) in [7, 11) is 0. The molecule has 1 aromatic carbocycles. The predicted molar refractivity (Wildman–Crippen MR) is 98.1 cm³/mol. The first-order valence-electron chi connectivity index (χ1n) is 8.45. The molecule has 0 fully saturated rings. The fourth-order valence-electron chi connectivity index (χ4n) is 2.51. The average Bonchev–Trinajstić information content (AvgIpc) is 2.40. The lowest BCUT2D eigenvalue weighted by Gasteiger charge is -2.21. The summed E-state index contributed by atoms with van der Waals surface area (Å²) in [6.07, 6.45) is 4.60. The van der Waals surface area contributed by atoms with Crippen LogP contribution in [0.3, 0.4) is 0 Å². The van der Waals surface area contributed by atoms with E-state index in [2.05, 4.69) is 26.8 Å². The number of hydrogen-bond acceptors (Lipinski definition) is 3. The molecule has 0 unspecified atom stereocenters. The molecule has 0 radical (unpaired) electrons. The van der Waals surface area contributed by atoms with E-state index in [0.717, 1.165) is 24.0 Å². The van der Waals surface area contributed by atoms with Gasteiger partial charge in [-0.25, -0.2) is 0 Å². The SMILES string of the molecule is CCC/C=C(\c1cccc(CC(=O)OC(C)(C)C)c1N)C(C)C. The van der Waals surface area contributed by atoms with Crippen molar-refractivity contribution in [2.75, 3.05) is 5.73 Å². The standard InChI is InChI=1S/C20H31NO2/c1-7-8-11-16(14(2)3)17-12-9-10-15(19(17)21)13-18(22)23-20(4,5)6/h9-12,14H,7-8,13,21H2,1-6H3/b16-11-. The fourth-order valence-corrected chi connectivity index (χ4v) is 2.51. The number of carbonyl (C=O) groups excluding carboxylic acids is 1. The highest BCUT2D eigenvalue weighted by Gasteiger charge is 2.19. The summed E-state index contributed by atoms with van der Waals surface area (Å²) < 4.78 is 5.40. The van der Waals surface area contributed by atoms with Crippen LogP contribution in [0.5, 0.6) is 0 Å². The molecular formula is C20H31NO2. The molecule has 23 heavy (non-hydrogen) atoms. The number of allylic oxidation sites excluding steroid dienone is 2. The maximum absolute atomic E-state index is 12.1. The minimum atomic E-state index is -0.479. The van der Waals surface area contributed by atoms with Crippen molar-refractivity contribution in [3.8, 4) is 0 Å². The van der Waals surface area contributed by atoms with Crippen molar-refractivity contribution in [2.24, 2.45) is 5.92 Å². The van der Waals surface area contributed by atoms with Crippen molar-refractivity contribution in [1.82, 2.24) is 0 Å². The lowest BCUT2D eigenvalue weighted by Crippen LogP contribution is -2.25. The Morgan fingerprint density at radius 1 is 1.30 bits per heavy atom. The number of ether oxygens (including phenoxy) is 1. The molecule has 0 aromatic heterocycles. The van der Waals surface area contributed by atoms with Crippen LogP contribution in [0.15, 0.2) is 24.3 Å². The quantitative estimate of drug-likeness (QED) is 0.594. The number of nitrogens with two attached hydrogens (primary N) is 1.